The molecule has 26 heteroatoms. The fraction of sp³-hybridized carbons (Fsp3) is 0.903. The number of nitrogens with one attached hydrogen (secondary N) is 2. The summed E-state index contributed by atoms with van der Waals surface area (Å²) >= 11 is 0. The van der Waals surface area contributed by atoms with E-state index >= 15 is 0 Å². The van der Waals surface area contributed by atoms with E-state index < -0.39 is 179 Å². The van der Waals surface area contributed by atoms with Gasteiger partial charge in [0.1, 0.15) is 91.5 Å². The molecule has 57 heavy (non-hydrogen) atoms. The minimum atomic E-state index is -3.12. The molecule has 0 bridgehead atoms. The number of hydrogen-bond acceptors (Lipinski definition) is 23. The van der Waals surface area contributed by atoms with Gasteiger partial charge in [-0.3, -0.25) is 9.59 Å². The third kappa shape index (κ3) is 10.2. The molecule has 16 N–H and O–H groups in total. The first-order chi connectivity index (χ1) is 26.7. The van der Waals surface area contributed by atoms with Crippen molar-refractivity contribution in [2.45, 2.75) is 149 Å². The van der Waals surface area contributed by atoms with Crippen molar-refractivity contribution in [1.29, 1.82) is 0 Å². The van der Waals surface area contributed by atoms with Crippen LogP contribution in [0.5, 0.6) is 0 Å². The summed E-state index contributed by atoms with van der Waals surface area (Å²) < 4.78 is 38.8. The minimum absolute atomic E-state index is 0.787. The Balaban J connectivity index is 1.63. The van der Waals surface area contributed by atoms with E-state index in [2.05, 4.69) is 10.6 Å². The van der Waals surface area contributed by atoms with Gasteiger partial charge in [-0.05, 0) is 0 Å². The van der Waals surface area contributed by atoms with Crippen LogP contribution in [0.1, 0.15) is 20.3 Å². The number of hydrogen-bond donors (Lipinski definition) is 16. The molecule has 4 heterocycles. The molecule has 0 radical (unpaired) electrons. The van der Waals surface area contributed by atoms with Crippen molar-refractivity contribution in [3.63, 3.8) is 0 Å². The van der Waals surface area contributed by atoms with Gasteiger partial charge in [0.05, 0.1) is 38.6 Å². The molecule has 1 unspecified atom stereocenters. The third-order valence-electron chi connectivity index (χ3n) is 9.98. The first kappa shape index (κ1) is 47.3. The molecule has 2 amide bonds. The second-order valence-corrected chi connectivity index (χ2v) is 14.0. The maximum absolute atomic E-state index is 12.8. The summed E-state index contributed by atoms with van der Waals surface area (Å²) in [4.78, 5) is 36.9. The van der Waals surface area contributed by atoms with Crippen LogP contribution in [0, 0.1) is 0 Å². The van der Waals surface area contributed by atoms with Crippen molar-refractivity contribution in [3.8, 4) is 0 Å². The fourth-order valence-electron chi connectivity index (χ4n) is 7.05. The molecule has 4 fully saturated rings. The van der Waals surface area contributed by atoms with Crippen molar-refractivity contribution in [2.75, 3.05) is 26.4 Å². The monoisotopic (exact) mass is 836 g/mol. The zero-order chi connectivity index (χ0) is 42.7. The highest BCUT2D eigenvalue weighted by atomic mass is 16.8. The second-order valence-electron chi connectivity index (χ2n) is 14.0. The number of carboxylic acids is 1. The van der Waals surface area contributed by atoms with E-state index in [-0.39, 0.29) is 0 Å². The van der Waals surface area contributed by atoms with Crippen molar-refractivity contribution >= 4 is 17.8 Å². The Morgan fingerprint density at radius 1 is 0.684 bits per heavy atom. The highest BCUT2D eigenvalue weighted by molar-refractivity contribution is 5.76. The molecule has 0 saturated carbocycles. The summed E-state index contributed by atoms with van der Waals surface area (Å²) in [5.41, 5.74) is 0. The van der Waals surface area contributed by atoms with Crippen LogP contribution in [-0.2, 0) is 47.5 Å². The van der Waals surface area contributed by atoms with Gasteiger partial charge in [-0.1, -0.05) is 0 Å². The zero-order valence-electron chi connectivity index (χ0n) is 30.4. The van der Waals surface area contributed by atoms with Gasteiger partial charge in [0, 0.05) is 20.3 Å². The van der Waals surface area contributed by atoms with E-state index in [0.29, 0.717) is 0 Å². The quantitative estimate of drug-likeness (QED) is 0.0728. The summed E-state index contributed by atoms with van der Waals surface area (Å²) in [6.45, 7) is -1.98. The number of aliphatic carboxylic acids is 1. The molecule has 0 aromatic carbocycles. The van der Waals surface area contributed by atoms with E-state index in [1.54, 1.807) is 0 Å². The number of aliphatic hydroxyl groups is 13. The second kappa shape index (κ2) is 19.8. The highest BCUT2D eigenvalue weighted by Gasteiger charge is 2.60. The van der Waals surface area contributed by atoms with Gasteiger partial charge >= 0.3 is 5.97 Å². The largest absolute Gasteiger partial charge is 0.477 e. The Hall–Kier alpha value is -2.39. The van der Waals surface area contributed by atoms with Crippen molar-refractivity contribution in [2.24, 2.45) is 0 Å². The van der Waals surface area contributed by atoms with Gasteiger partial charge in [0.2, 0.25) is 11.8 Å². The smallest absolute Gasteiger partial charge is 0.364 e. The number of amides is 2. The molecule has 4 rings (SSSR count). The Kier molecular flexibility index (Phi) is 16.4. The number of carbonyl (C=O) groups excluding carboxylic acids is 2. The number of ether oxygens (including phenoxy) is 7. The van der Waals surface area contributed by atoms with Crippen LogP contribution >= 0.6 is 0 Å². The summed E-state index contributed by atoms with van der Waals surface area (Å²) in [6, 6.07) is -3.30. The van der Waals surface area contributed by atoms with Gasteiger partial charge in [-0.25, -0.2) is 4.79 Å². The Bertz CT molecular complexity index is 1350. The van der Waals surface area contributed by atoms with Crippen LogP contribution in [0.4, 0.5) is 0 Å². The van der Waals surface area contributed by atoms with Crippen molar-refractivity contribution in [1.82, 2.24) is 10.6 Å². The number of carbonyl (C=O) groups is 3. The lowest BCUT2D eigenvalue weighted by atomic mass is 9.88. The normalized spacial score (nSPS) is 45.1. The lowest BCUT2D eigenvalue weighted by Gasteiger charge is -2.51. The first-order valence-electron chi connectivity index (χ1n) is 17.7. The molecule has 0 spiro atoms. The number of aliphatic hydroxyl groups excluding tert-OH is 13. The zero-order valence-corrected chi connectivity index (χ0v) is 30.4. The summed E-state index contributed by atoms with van der Waals surface area (Å²) in [6.07, 6.45) is -36.2. The first-order valence-corrected chi connectivity index (χ1v) is 17.7. The van der Waals surface area contributed by atoms with Gasteiger partial charge in [0.25, 0.3) is 5.79 Å². The molecule has 0 aliphatic carbocycles. The molecule has 0 aromatic rings. The van der Waals surface area contributed by atoms with E-state index in [1.165, 1.54) is 0 Å². The van der Waals surface area contributed by atoms with Crippen LogP contribution in [-0.4, -0.2) is 244 Å². The Labute approximate surface area is 322 Å². The van der Waals surface area contributed by atoms with Gasteiger partial charge in [0.15, 0.2) is 18.9 Å². The highest BCUT2D eigenvalue weighted by Crippen LogP contribution is 2.39. The third-order valence-corrected chi connectivity index (χ3v) is 9.98. The van der Waals surface area contributed by atoms with Crippen LogP contribution in [0.15, 0.2) is 0 Å². The molecule has 26 nitrogen and oxygen atoms in total. The summed E-state index contributed by atoms with van der Waals surface area (Å²) in [5.74, 6) is -6.74. The number of carboxylic acid groups (broad SMARTS) is 1. The van der Waals surface area contributed by atoms with E-state index in [1.807, 2.05) is 0 Å². The molecular formula is C31H52N2O24. The molecule has 330 valence electrons. The summed E-state index contributed by atoms with van der Waals surface area (Å²) in [5, 5.41) is 151. The van der Waals surface area contributed by atoms with Crippen LogP contribution in [0.25, 0.3) is 0 Å². The van der Waals surface area contributed by atoms with Crippen LogP contribution in [0.3, 0.4) is 0 Å². The average Bonchev–Trinajstić information content (AvgIpc) is 3.16. The SMILES string of the molecule is CC(=O)N[C@H]1[C@H](O[C@H]2[C@H](O)[C@@H](CO)OC(O)[C@H]2O)O[C@H](CO)[C@@H](O[C@@H]2O[C@H](CO)[C@H](O)[C@H](O[C@]3(C(=O)O)C[C@H](O)[C@@H](NC(C)=O)[C@H]([C@H](O)[C@H](O)CO)O3)[C@H]2O)[C@@H]1O. The van der Waals surface area contributed by atoms with E-state index in [0.717, 1.165) is 13.8 Å². The van der Waals surface area contributed by atoms with Crippen molar-refractivity contribution in [3.05, 3.63) is 0 Å². The van der Waals surface area contributed by atoms with Crippen molar-refractivity contribution < 1.29 is 119 Å². The average molecular weight is 837 g/mol. The predicted octanol–water partition coefficient (Wildman–Crippen LogP) is -10.3. The predicted molar refractivity (Wildman–Crippen MR) is 174 cm³/mol. The number of rotatable bonds is 15. The lowest BCUT2D eigenvalue weighted by molar-refractivity contribution is -0.386. The van der Waals surface area contributed by atoms with E-state index in [9.17, 15) is 85.9 Å². The van der Waals surface area contributed by atoms with Gasteiger partial charge in [-0.2, -0.15) is 0 Å². The molecule has 4 saturated heterocycles. The molecule has 0 aromatic heterocycles. The molecule has 4 aliphatic heterocycles. The fourth-order valence-corrected chi connectivity index (χ4v) is 7.05. The maximum atomic E-state index is 12.8. The molecule has 4 aliphatic rings. The topological polar surface area (TPSA) is 423 Å². The van der Waals surface area contributed by atoms with Gasteiger partial charge in [-0.15, -0.1) is 0 Å². The van der Waals surface area contributed by atoms with Crippen LogP contribution < -0.4 is 10.6 Å². The van der Waals surface area contributed by atoms with Crippen LogP contribution in [0.2, 0.25) is 0 Å². The van der Waals surface area contributed by atoms with Gasteiger partial charge < -0.3 is 115 Å². The lowest BCUT2D eigenvalue weighted by Crippen LogP contribution is -2.71. The summed E-state index contributed by atoms with van der Waals surface area (Å²) in [7, 11) is 0. The Morgan fingerprint density at radius 3 is 1.75 bits per heavy atom. The maximum Gasteiger partial charge on any atom is 0.364 e. The Morgan fingerprint density at radius 2 is 1.21 bits per heavy atom. The van der Waals surface area contributed by atoms with E-state index in [4.69, 9.17) is 33.2 Å². The molecule has 21 atom stereocenters. The minimum Gasteiger partial charge on any atom is -0.477 e. The standard InChI is InChI=1S/C31H52N2O24/c1-8(38)32-15-10(40)3-31(30(49)50,56-24(15)17(42)11(41)4-34)57-26-19(44)13(6-36)52-29(22(26)47)54-23-14(7-37)53-28(16(20(23)45)33-9(2)39)55-25-18(43)12(5-35)51-27(48)21(25)46/h10-29,34-37,40-48H,3-7H2,1-2H3,(H,32,38)(H,33,39)(H,49,50)/t10-,11+,12+,13+,14+,15+,16+,17+,18+,19-,20+,21-,22+,23+,24+,25-,26-,27?,28-,29-,31-/m0/s1. The molecular weight excluding hydrogens is 784 g/mol.